The van der Waals surface area contributed by atoms with Crippen LogP contribution in [0, 0.1) is 5.41 Å². The summed E-state index contributed by atoms with van der Waals surface area (Å²) in [5.74, 6) is -1.26. The van der Waals surface area contributed by atoms with Crippen LogP contribution in [0.3, 0.4) is 0 Å². The van der Waals surface area contributed by atoms with Crippen LogP contribution >= 0.6 is 11.8 Å². The van der Waals surface area contributed by atoms with Gasteiger partial charge in [-0.05, 0) is 47.7 Å². The van der Waals surface area contributed by atoms with E-state index in [4.69, 9.17) is 10.1 Å². The van der Waals surface area contributed by atoms with Gasteiger partial charge in [-0.2, -0.15) is 10.0 Å². The van der Waals surface area contributed by atoms with Crippen LogP contribution in [-0.2, 0) is 14.6 Å². The van der Waals surface area contributed by atoms with Gasteiger partial charge in [-0.15, -0.1) is 5.10 Å². The molecule has 0 aromatic heterocycles. The molecule has 32 heavy (non-hydrogen) atoms. The van der Waals surface area contributed by atoms with Crippen molar-refractivity contribution in [1.82, 2.24) is 5.01 Å². The van der Waals surface area contributed by atoms with Crippen LogP contribution in [0.4, 0.5) is 0 Å². The number of hydrogen-bond donors (Lipinski definition) is 1. The maximum absolute atomic E-state index is 12.4. The largest absolute Gasteiger partial charge is 0.423 e. The molecule has 2 aromatic rings. The quantitative estimate of drug-likeness (QED) is 0.415. The molecule has 2 aliphatic heterocycles. The minimum Gasteiger partial charge on any atom is -0.423 e. The number of carbonyl (C=O) groups excluding carboxylic acids is 2. The number of amidine groups is 2. The smallest absolute Gasteiger partial charge is 0.343 e. The number of carbonyl (C=O) groups is 2. The molecule has 0 aliphatic carbocycles. The van der Waals surface area contributed by atoms with Gasteiger partial charge in [-0.3, -0.25) is 10.2 Å². The number of hydrogen-bond acceptors (Lipinski definition) is 8. The second-order valence-electron chi connectivity index (χ2n) is 6.61. The molecule has 0 fully saturated rings. The molecule has 0 bridgehead atoms. The Balaban J connectivity index is 1.54. The summed E-state index contributed by atoms with van der Waals surface area (Å²) in [5, 5.41) is 13.3. The first-order valence-electron chi connectivity index (χ1n) is 9.39. The zero-order chi connectivity index (χ0) is 22.9. The van der Waals surface area contributed by atoms with Crippen LogP contribution < -0.4 is 4.74 Å². The van der Waals surface area contributed by atoms with E-state index in [9.17, 15) is 18.0 Å². The zero-order valence-corrected chi connectivity index (χ0v) is 18.3. The predicted molar refractivity (Wildman–Crippen MR) is 122 cm³/mol. The van der Waals surface area contributed by atoms with Gasteiger partial charge in [-0.25, -0.2) is 13.2 Å². The molecule has 0 unspecified atom stereocenters. The van der Waals surface area contributed by atoms with Crippen molar-refractivity contribution in [3.8, 4) is 5.75 Å². The van der Waals surface area contributed by atoms with Crippen LogP contribution in [0.5, 0.6) is 5.75 Å². The maximum Gasteiger partial charge on any atom is 0.343 e. The summed E-state index contributed by atoms with van der Waals surface area (Å²) in [4.78, 5) is 28.5. The maximum atomic E-state index is 12.4. The van der Waals surface area contributed by atoms with Crippen molar-refractivity contribution in [2.75, 3.05) is 5.75 Å². The highest BCUT2D eigenvalue weighted by Gasteiger charge is 2.39. The zero-order valence-electron chi connectivity index (χ0n) is 16.7. The predicted octanol–water partition coefficient (Wildman–Crippen LogP) is 2.92. The number of esters is 1. The fourth-order valence-corrected chi connectivity index (χ4v) is 4.93. The molecule has 2 aromatic carbocycles. The van der Waals surface area contributed by atoms with E-state index in [1.807, 2.05) is 0 Å². The van der Waals surface area contributed by atoms with Crippen molar-refractivity contribution in [2.45, 2.75) is 6.92 Å². The van der Waals surface area contributed by atoms with Crippen LogP contribution in [0.2, 0.25) is 0 Å². The minimum absolute atomic E-state index is 0.0346. The average molecular weight is 469 g/mol. The van der Waals surface area contributed by atoms with Crippen molar-refractivity contribution in [3.05, 3.63) is 71.3 Å². The van der Waals surface area contributed by atoms with Crippen molar-refractivity contribution in [1.29, 1.82) is 5.41 Å². The summed E-state index contributed by atoms with van der Waals surface area (Å²) in [6.07, 6.45) is 1.44. The van der Waals surface area contributed by atoms with Crippen LogP contribution in [0.15, 0.2) is 70.3 Å². The Bertz CT molecular complexity index is 1310. The normalized spacial score (nSPS) is 17.2. The van der Waals surface area contributed by atoms with Crippen molar-refractivity contribution in [3.63, 3.8) is 0 Å². The van der Waals surface area contributed by atoms with E-state index < -0.39 is 21.7 Å². The van der Waals surface area contributed by atoms with Crippen LogP contribution in [0.1, 0.15) is 22.8 Å². The molecule has 0 radical (unpaired) electrons. The molecule has 1 amide bonds. The van der Waals surface area contributed by atoms with Gasteiger partial charge in [0.2, 0.25) is 19.4 Å². The fraction of sp³-hybridized carbons (Fsp3) is 0.0952. The molecule has 2 aliphatic rings. The Morgan fingerprint density at radius 1 is 1.16 bits per heavy atom. The highest BCUT2D eigenvalue weighted by atomic mass is 32.3. The van der Waals surface area contributed by atoms with Gasteiger partial charge in [0, 0.05) is 0 Å². The second-order valence-corrected chi connectivity index (χ2v) is 10.0. The number of rotatable bonds is 4. The van der Waals surface area contributed by atoms with E-state index >= 15 is 0 Å². The number of hydrazone groups is 1. The monoisotopic (exact) mass is 468 g/mol. The molecule has 0 atom stereocenters. The summed E-state index contributed by atoms with van der Waals surface area (Å²) in [7, 11) is -3.59. The molecular formula is C21H16N4O5S2. The standard InChI is InChI=1S/C21H16N4O5S2/c1-2-32(28,29)21-24-25-17(22)16(18(26)23-20(25)31-21)12-13-8-10-15(11-9-13)30-19(27)14-6-4-3-5-7-14/h3-12,22H,2H2,1H3/b16-12-,22-17?. The molecule has 11 heteroatoms. The molecule has 0 spiro atoms. The summed E-state index contributed by atoms with van der Waals surface area (Å²) < 4.78 is 29.3. The average Bonchev–Trinajstić information content (AvgIpc) is 3.23. The van der Waals surface area contributed by atoms with Gasteiger partial charge < -0.3 is 4.74 Å². The Morgan fingerprint density at radius 2 is 1.84 bits per heavy atom. The highest BCUT2D eigenvalue weighted by Crippen LogP contribution is 2.30. The lowest BCUT2D eigenvalue weighted by Crippen LogP contribution is -2.35. The van der Waals surface area contributed by atoms with E-state index in [1.165, 1.54) is 13.0 Å². The molecule has 0 saturated heterocycles. The van der Waals surface area contributed by atoms with Gasteiger partial charge >= 0.3 is 5.97 Å². The third kappa shape index (κ3) is 4.25. The lowest BCUT2D eigenvalue weighted by Gasteiger charge is -2.20. The van der Waals surface area contributed by atoms with Crippen LogP contribution in [-0.4, -0.2) is 46.4 Å². The first kappa shape index (κ1) is 21.7. The van der Waals surface area contributed by atoms with Crippen molar-refractivity contribution in [2.24, 2.45) is 10.1 Å². The Morgan fingerprint density at radius 3 is 2.50 bits per heavy atom. The number of thioether (sulfide) groups is 1. The molecule has 162 valence electrons. The van der Waals surface area contributed by atoms with E-state index in [0.717, 1.165) is 16.8 Å². The van der Waals surface area contributed by atoms with E-state index in [-0.39, 0.29) is 26.7 Å². The number of benzene rings is 2. The van der Waals surface area contributed by atoms with Gasteiger partial charge in [0.05, 0.1) is 16.9 Å². The number of ether oxygens (including phenoxy) is 1. The Hall–Kier alpha value is -3.57. The first-order chi connectivity index (χ1) is 15.3. The number of fused-ring (bicyclic) bond motifs is 1. The summed E-state index contributed by atoms with van der Waals surface area (Å²) in [5.41, 5.74) is 0.942. The minimum atomic E-state index is -3.59. The topological polar surface area (TPSA) is 129 Å². The van der Waals surface area contributed by atoms with E-state index in [2.05, 4.69) is 10.1 Å². The van der Waals surface area contributed by atoms with Crippen molar-refractivity contribution < 1.29 is 22.7 Å². The summed E-state index contributed by atoms with van der Waals surface area (Å²) in [6.45, 7) is 1.49. The molecular weight excluding hydrogens is 452 g/mol. The second kappa shape index (κ2) is 8.52. The van der Waals surface area contributed by atoms with Gasteiger partial charge in [0.25, 0.3) is 5.91 Å². The molecule has 2 heterocycles. The number of sulfone groups is 1. The first-order valence-corrected chi connectivity index (χ1v) is 11.9. The fourth-order valence-electron chi connectivity index (χ4n) is 2.76. The molecule has 1 N–H and O–H groups in total. The number of nitrogens with zero attached hydrogens (tertiary/aromatic N) is 3. The molecule has 4 rings (SSSR count). The van der Waals surface area contributed by atoms with Crippen LogP contribution in [0.25, 0.3) is 6.08 Å². The SMILES string of the molecule is CCS(=O)(=O)C1=NN2C(=N)/C(=C/c3ccc(OC(=O)c4ccccc4)cc3)C(=O)N=C2S1. The summed E-state index contributed by atoms with van der Waals surface area (Å²) >= 11 is 0.748. The third-order valence-electron chi connectivity index (χ3n) is 4.49. The lowest BCUT2D eigenvalue weighted by atomic mass is 10.1. The van der Waals surface area contributed by atoms with Gasteiger partial charge in [0.15, 0.2) is 5.84 Å². The van der Waals surface area contributed by atoms with Crippen molar-refractivity contribution >= 4 is 54.9 Å². The van der Waals surface area contributed by atoms with Gasteiger partial charge in [-0.1, -0.05) is 37.3 Å². The van der Waals surface area contributed by atoms with Gasteiger partial charge in [0.1, 0.15) is 5.75 Å². The Labute approximate surface area is 187 Å². The number of amides is 1. The van der Waals surface area contributed by atoms with E-state index in [0.29, 0.717) is 16.9 Å². The van der Waals surface area contributed by atoms with E-state index in [1.54, 1.807) is 54.6 Å². The molecule has 9 nitrogen and oxygen atoms in total. The lowest BCUT2D eigenvalue weighted by molar-refractivity contribution is -0.114. The highest BCUT2D eigenvalue weighted by molar-refractivity contribution is 8.42. The summed E-state index contributed by atoms with van der Waals surface area (Å²) in [6, 6.07) is 14.9. The third-order valence-corrected chi connectivity index (χ3v) is 7.58. The number of nitrogens with one attached hydrogen (secondary N) is 1. The Kier molecular flexibility index (Phi) is 5.76. The number of aliphatic imine (C=N–C) groups is 1. The molecule has 0 saturated carbocycles.